The molecule has 1 heterocycles. The molecule has 21 heavy (non-hydrogen) atoms. The van der Waals surface area contributed by atoms with Crippen LogP contribution in [0.1, 0.15) is 36.8 Å². The minimum atomic E-state index is -1.16. The average molecular weight is 309 g/mol. The first kappa shape index (κ1) is 15.4. The number of hydrogen-bond donors (Lipinski definition) is 1. The van der Waals surface area contributed by atoms with E-state index in [0.717, 1.165) is 5.56 Å². The van der Waals surface area contributed by atoms with E-state index in [-0.39, 0.29) is 22.9 Å². The number of carboxylic acid groups (broad SMARTS) is 1. The Morgan fingerprint density at radius 3 is 2.71 bits per heavy atom. The zero-order chi connectivity index (χ0) is 15.6. The summed E-state index contributed by atoms with van der Waals surface area (Å²) in [5, 5.41) is 12.8. The van der Waals surface area contributed by atoms with Crippen molar-refractivity contribution in [1.82, 2.24) is 9.78 Å². The number of rotatable bonds is 4. The lowest BCUT2D eigenvalue weighted by Crippen LogP contribution is -2.12. The van der Waals surface area contributed by atoms with Gasteiger partial charge in [0, 0.05) is 6.20 Å². The van der Waals surface area contributed by atoms with Crippen molar-refractivity contribution in [1.29, 1.82) is 0 Å². The molecular weight excluding hydrogens is 292 g/mol. The van der Waals surface area contributed by atoms with E-state index < -0.39 is 5.97 Å². The summed E-state index contributed by atoms with van der Waals surface area (Å²) in [6.07, 6.45) is 1.43. The Kier molecular flexibility index (Phi) is 4.23. The van der Waals surface area contributed by atoms with Gasteiger partial charge in [-0.25, -0.2) is 9.48 Å². The molecule has 0 atom stereocenters. The zero-order valence-corrected chi connectivity index (χ0v) is 12.9. The third kappa shape index (κ3) is 3.76. The van der Waals surface area contributed by atoms with E-state index in [0.29, 0.717) is 5.75 Å². The fraction of sp³-hybridized carbons (Fsp3) is 0.333. The van der Waals surface area contributed by atoms with Crippen LogP contribution in [0.4, 0.5) is 0 Å². The van der Waals surface area contributed by atoms with Gasteiger partial charge in [0.25, 0.3) is 0 Å². The molecule has 1 aromatic carbocycles. The standard InChI is InChI=1S/C15H17ClN2O3/c1-15(2,3)10-5-4-6-11(7-10)21-9-18-8-12(16)13(17-18)14(19)20/h4-8H,9H2,1-3H3,(H,19,20). The highest BCUT2D eigenvalue weighted by atomic mass is 35.5. The number of aromatic nitrogens is 2. The van der Waals surface area contributed by atoms with Gasteiger partial charge in [-0.2, -0.15) is 5.10 Å². The van der Waals surface area contributed by atoms with Gasteiger partial charge in [-0.05, 0) is 23.1 Å². The molecule has 2 rings (SSSR count). The highest BCUT2D eigenvalue weighted by Crippen LogP contribution is 2.25. The fourth-order valence-corrected chi connectivity index (χ4v) is 2.03. The van der Waals surface area contributed by atoms with Crippen LogP contribution < -0.4 is 4.74 Å². The first-order valence-electron chi connectivity index (χ1n) is 6.47. The van der Waals surface area contributed by atoms with Gasteiger partial charge in [-0.3, -0.25) is 0 Å². The number of benzene rings is 1. The summed E-state index contributed by atoms with van der Waals surface area (Å²) in [7, 11) is 0. The van der Waals surface area contributed by atoms with Crippen LogP contribution in [0.25, 0.3) is 0 Å². The van der Waals surface area contributed by atoms with E-state index in [1.54, 1.807) is 0 Å². The minimum absolute atomic E-state index is 0.0326. The molecule has 112 valence electrons. The van der Waals surface area contributed by atoms with E-state index in [2.05, 4.69) is 25.9 Å². The predicted octanol–water partition coefficient (Wildman–Crippen LogP) is 3.57. The molecule has 0 saturated heterocycles. The predicted molar refractivity (Wildman–Crippen MR) is 80.0 cm³/mol. The van der Waals surface area contributed by atoms with E-state index in [1.807, 2.05) is 24.3 Å². The maximum absolute atomic E-state index is 10.9. The molecule has 0 saturated carbocycles. The zero-order valence-electron chi connectivity index (χ0n) is 12.1. The second-order valence-electron chi connectivity index (χ2n) is 5.72. The fourth-order valence-electron chi connectivity index (χ4n) is 1.80. The molecule has 5 nitrogen and oxygen atoms in total. The highest BCUT2D eigenvalue weighted by Gasteiger charge is 2.15. The van der Waals surface area contributed by atoms with E-state index in [9.17, 15) is 4.79 Å². The van der Waals surface area contributed by atoms with Crippen LogP contribution in [-0.4, -0.2) is 20.9 Å². The van der Waals surface area contributed by atoms with Crippen LogP contribution in [0, 0.1) is 0 Å². The molecule has 0 unspecified atom stereocenters. The van der Waals surface area contributed by atoms with Gasteiger partial charge in [-0.15, -0.1) is 0 Å². The summed E-state index contributed by atoms with van der Waals surface area (Å²) in [5.41, 5.74) is 1.01. The second-order valence-corrected chi connectivity index (χ2v) is 6.13. The SMILES string of the molecule is CC(C)(C)c1cccc(OCn2cc(Cl)c(C(=O)O)n2)c1. The molecule has 2 aromatic rings. The monoisotopic (exact) mass is 308 g/mol. The Morgan fingerprint density at radius 1 is 1.43 bits per heavy atom. The summed E-state index contributed by atoms with van der Waals surface area (Å²) in [6.45, 7) is 6.47. The largest absolute Gasteiger partial charge is 0.476 e. The number of nitrogens with zero attached hydrogens (tertiary/aromatic N) is 2. The van der Waals surface area contributed by atoms with Gasteiger partial charge in [0.2, 0.25) is 0 Å². The number of carbonyl (C=O) groups is 1. The summed E-state index contributed by atoms with van der Waals surface area (Å²) in [5.74, 6) is -0.459. The lowest BCUT2D eigenvalue weighted by Gasteiger charge is -2.19. The average Bonchev–Trinajstić information content (AvgIpc) is 2.77. The van der Waals surface area contributed by atoms with Crippen molar-refractivity contribution in [2.24, 2.45) is 0 Å². The normalized spacial score (nSPS) is 11.4. The molecule has 1 aromatic heterocycles. The van der Waals surface area contributed by atoms with Gasteiger partial charge in [0.05, 0.1) is 5.02 Å². The van der Waals surface area contributed by atoms with Crippen molar-refractivity contribution < 1.29 is 14.6 Å². The van der Waals surface area contributed by atoms with E-state index in [1.165, 1.54) is 10.9 Å². The Labute approximate surface area is 128 Å². The third-order valence-corrected chi connectivity index (χ3v) is 3.26. The number of aromatic carboxylic acids is 1. The first-order valence-corrected chi connectivity index (χ1v) is 6.85. The molecular formula is C15H17ClN2O3. The summed E-state index contributed by atoms with van der Waals surface area (Å²) in [4.78, 5) is 10.9. The molecule has 0 aliphatic heterocycles. The molecule has 1 N–H and O–H groups in total. The second kappa shape index (κ2) is 5.77. The number of hydrogen-bond acceptors (Lipinski definition) is 3. The first-order chi connectivity index (χ1) is 9.77. The van der Waals surface area contributed by atoms with Crippen LogP contribution in [0.3, 0.4) is 0 Å². The molecule has 0 aliphatic carbocycles. The van der Waals surface area contributed by atoms with Gasteiger partial charge in [0.1, 0.15) is 5.75 Å². The van der Waals surface area contributed by atoms with Crippen molar-refractivity contribution in [3.8, 4) is 5.75 Å². The Balaban J connectivity index is 2.10. The molecule has 0 bridgehead atoms. The van der Waals surface area contributed by atoms with Gasteiger partial charge >= 0.3 is 5.97 Å². The van der Waals surface area contributed by atoms with Gasteiger partial charge in [-0.1, -0.05) is 44.5 Å². The Hall–Kier alpha value is -2.01. The van der Waals surface area contributed by atoms with Crippen LogP contribution in [0.15, 0.2) is 30.5 Å². The van der Waals surface area contributed by atoms with Crippen molar-refractivity contribution in [3.05, 3.63) is 46.7 Å². The quantitative estimate of drug-likeness (QED) is 0.937. The number of ether oxygens (including phenoxy) is 1. The molecule has 0 radical (unpaired) electrons. The molecule has 0 aliphatic rings. The summed E-state index contributed by atoms with van der Waals surface area (Å²) in [6, 6.07) is 7.77. The van der Waals surface area contributed by atoms with Crippen molar-refractivity contribution in [2.45, 2.75) is 32.9 Å². The van der Waals surface area contributed by atoms with Crippen LogP contribution in [0.2, 0.25) is 5.02 Å². The Morgan fingerprint density at radius 2 is 2.14 bits per heavy atom. The molecule has 0 amide bonds. The smallest absolute Gasteiger partial charge is 0.357 e. The molecule has 6 heteroatoms. The Bertz CT molecular complexity index is 659. The number of halogens is 1. The molecule has 0 spiro atoms. The van der Waals surface area contributed by atoms with Gasteiger partial charge in [0.15, 0.2) is 12.4 Å². The van der Waals surface area contributed by atoms with Crippen molar-refractivity contribution >= 4 is 17.6 Å². The lowest BCUT2D eigenvalue weighted by molar-refractivity contribution is 0.0688. The topological polar surface area (TPSA) is 64.3 Å². The third-order valence-electron chi connectivity index (χ3n) is 2.98. The number of carboxylic acids is 1. The maximum Gasteiger partial charge on any atom is 0.357 e. The van der Waals surface area contributed by atoms with E-state index in [4.69, 9.17) is 21.4 Å². The molecule has 0 fully saturated rings. The van der Waals surface area contributed by atoms with Crippen LogP contribution in [0.5, 0.6) is 5.75 Å². The maximum atomic E-state index is 10.9. The lowest BCUT2D eigenvalue weighted by atomic mass is 9.87. The summed E-state index contributed by atoms with van der Waals surface area (Å²) >= 11 is 5.79. The highest BCUT2D eigenvalue weighted by molar-refractivity contribution is 6.33. The van der Waals surface area contributed by atoms with E-state index >= 15 is 0 Å². The van der Waals surface area contributed by atoms with Crippen LogP contribution >= 0.6 is 11.6 Å². The van der Waals surface area contributed by atoms with Gasteiger partial charge < -0.3 is 9.84 Å². The summed E-state index contributed by atoms with van der Waals surface area (Å²) < 4.78 is 6.98. The van der Waals surface area contributed by atoms with Crippen molar-refractivity contribution in [2.75, 3.05) is 0 Å². The van der Waals surface area contributed by atoms with Crippen molar-refractivity contribution in [3.63, 3.8) is 0 Å². The van der Waals surface area contributed by atoms with Crippen LogP contribution in [-0.2, 0) is 12.1 Å². The minimum Gasteiger partial charge on any atom is -0.476 e.